The minimum atomic E-state index is -0.867. The van der Waals surface area contributed by atoms with Gasteiger partial charge in [-0.1, -0.05) is 35.2 Å². The maximum Gasteiger partial charge on any atom is 0.314 e. The number of hydrogen-bond acceptors (Lipinski definition) is 3. The van der Waals surface area contributed by atoms with Gasteiger partial charge in [0.1, 0.15) is 0 Å². The van der Waals surface area contributed by atoms with Crippen LogP contribution in [0.5, 0.6) is 11.5 Å². The molecule has 2 aliphatic rings. The summed E-state index contributed by atoms with van der Waals surface area (Å²) in [6, 6.07) is 3.77. The molecule has 0 atom stereocenters. The maximum atomic E-state index is 12.2. The van der Waals surface area contributed by atoms with Gasteiger partial charge in [0.25, 0.3) is 0 Å². The zero-order valence-corrected chi connectivity index (χ0v) is 15.0. The Hall–Kier alpha value is -1.23. The second-order valence-corrected chi connectivity index (χ2v) is 7.52. The minimum Gasteiger partial charge on any atom is -0.493 e. The Morgan fingerprint density at radius 2 is 1.91 bits per heavy atom. The Bertz CT molecular complexity index is 589. The summed E-state index contributed by atoms with van der Waals surface area (Å²) in [5, 5.41) is 10.0. The van der Waals surface area contributed by atoms with E-state index in [9.17, 15) is 9.90 Å². The number of halogens is 1. The lowest BCUT2D eigenvalue weighted by molar-refractivity contribution is -0.145. The van der Waals surface area contributed by atoms with E-state index < -0.39 is 11.4 Å². The first-order chi connectivity index (χ1) is 11.1. The van der Waals surface area contributed by atoms with Gasteiger partial charge in [-0.2, -0.15) is 0 Å². The first-order valence-corrected chi connectivity index (χ1v) is 9.14. The highest BCUT2D eigenvalue weighted by atomic mass is 79.9. The number of ether oxygens (including phenoxy) is 2. The standard InChI is InChI=1S/C18H23BrO4/c1-22-15-11-12(19)10-14(16(15)23-13-6-5-7-13)18(17(20)21)8-3-2-4-9-18/h10-11,13H,2-9H2,1H3,(H,20,21). The number of methoxy groups -OCH3 is 1. The second kappa shape index (κ2) is 6.71. The summed E-state index contributed by atoms with van der Waals surface area (Å²) < 4.78 is 12.5. The van der Waals surface area contributed by atoms with Crippen LogP contribution in [0.4, 0.5) is 0 Å². The van der Waals surface area contributed by atoms with Crippen LogP contribution in [0, 0.1) is 0 Å². The molecule has 1 N–H and O–H groups in total. The smallest absolute Gasteiger partial charge is 0.314 e. The zero-order valence-electron chi connectivity index (χ0n) is 13.4. The SMILES string of the molecule is COc1cc(Br)cc(C2(C(=O)O)CCCCC2)c1OC1CCC1. The molecule has 5 heteroatoms. The van der Waals surface area contributed by atoms with E-state index in [1.54, 1.807) is 7.11 Å². The predicted octanol–water partition coefficient (Wildman–Crippen LogP) is 4.68. The fourth-order valence-electron chi connectivity index (χ4n) is 3.61. The van der Waals surface area contributed by atoms with Crippen LogP contribution in [-0.2, 0) is 10.2 Å². The molecule has 1 aromatic rings. The van der Waals surface area contributed by atoms with Gasteiger partial charge in [-0.25, -0.2) is 0 Å². The third-order valence-corrected chi connectivity index (χ3v) is 5.67. The summed E-state index contributed by atoms with van der Waals surface area (Å²) in [4.78, 5) is 12.2. The molecule has 0 saturated heterocycles. The van der Waals surface area contributed by atoms with Crippen molar-refractivity contribution in [3.05, 3.63) is 22.2 Å². The van der Waals surface area contributed by atoms with Crippen LogP contribution in [0.3, 0.4) is 0 Å². The van der Waals surface area contributed by atoms with Crippen LogP contribution in [0.1, 0.15) is 56.9 Å². The first kappa shape index (κ1) is 16.6. The molecule has 0 amide bonds. The highest BCUT2D eigenvalue weighted by Gasteiger charge is 2.44. The van der Waals surface area contributed by atoms with Crippen LogP contribution in [0.25, 0.3) is 0 Å². The van der Waals surface area contributed by atoms with Gasteiger partial charge in [-0.3, -0.25) is 4.79 Å². The van der Waals surface area contributed by atoms with Crippen molar-refractivity contribution >= 4 is 21.9 Å². The third kappa shape index (κ3) is 3.08. The minimum absolute atomic E-state index is 0.179. The Labute approximate surface area is 145 Å². The molecule has 3 rings (SSSR count). The van der Waals surface area contributed by atoms with Gasteiger partial charge >= 0.3 is 5.97 Å². The molecule has 2 fully saturated rings. The van der Waals surface area contributed by atoms with Crippen LogP contribution >= 0.6 is 15.9 Å². The monoisotopic (exact) mass is 382 g/mol. The van der Waals surface area contributed by atoms with Crippen LogP contribution in [0.15, 0.2) is 16.6 Å². The van der Waals surface area contributed by atoms with E-state index in [4.69, 9.17) is 9.47 Å². The van der Waals surface area contributed by atoms with Crippen molar-refractivity contribution in [2.45, 2.75) is 62.9 Å². The second-order valence-electron chi connectivity index (χ2n) is 6.60. The number of carboxylic acid groups (broad SMARTS) is 1. The Morgan fingerprint density at radius 1 is 1.22 bits per heavy atom. The van der Waals surface area contributed by atoms with Crippen molar-refractivity contribution < 1.29 is 19.4 Å². The van der Waals surface area contributed by atoms with Crippen LogP contribution in [0.2, 0.25) is 0 Å². The molecule has 2 aliphatic carbocycles. The van der Waals surface area contributed by atoms with E-state index >= 15 is 0 Å². The van der Waals surface area contributed by atoms with Crippen LogP contribution < -0.4 is 9.47 Å². The summed E-state index contributed by atoms with van der Waals surface area (Å²) >= 11 is 3.50. The van der Waals surface area contributed by atoms with Gasteiger partial charge in [-0.15, -0.1) is 0 Å². The van der Waals surface area contributed by atoms with Crippen molar-refractivity contribution in [2.24, 2.45) is 0 Å². The van der Waals surface area contributed by atoms with Crippen molar-refractivity contribution in [1.82, 2.24) is 0 Å². The summed E-state index contributed by atoms with van der Waals surface area (Å²) in [5.74, 6) is 0.494. The average Bonchev–Trinajstić information content (AvgIpc) is 2.51. The molecule has 0 heterocycles. The molecule has 2 saturated carbocycles. The predicted molar refractivity (Wildman–Crippen MR) is 91.4 cm³/mol. The van der Waals surface area contributed by atoms with Gasteiger partial charge in [0, 0.05) is 10.0 Å². The van der Waals surface area contributed by atoms with Crippen molar-refractivity contribution in [3.63, 3.8) is 0 Å². The normalized spacial score (nSPS) is 20.6. The molecule has 0 bridgehead atoms. The third-order valence-electron chi connectivity index (χ3n) is 5.21. The summed E-state index contributed by atoms with van der Waals surface area (Å²) in [6.07, 6.45) is 7.68. The molecule has 4 nitrogen and oxygen atoms in total. The molecule has 0 radical (unpaired) electrons. The zero-order chi connectivity index (χ0) is 16.4. The first-order valence-electron chi connectivity index (χ1n) is 8.35. The van der Waals surface area contributed by atoms with E-state index in [1.807, 2.05) is 12.1 Å². The van der Waals surface area contributed by atoms with E-state index in [1.165, 1.54) is 6.42 Å². The van der Waals surface area contributed by atoms with Crippen molar-refractivity contribution in [2.75, 3.05) is 7.11 Å². The number of hydrogen-bond donors (Lipinski definition) is 1. The van der Waals surface area contributed by atoms with E-state index in [2.05, 4.69) is 15.9 Å². The quantitative estimate of drug-likeness (QED) is 0.803. The molecule has 1 aromatic carbocycles. The molecular formula is C18H23BrO4. The topological polar surface area (TPSA) is 55.8 Å². The number of benzene rings is 1. The Balaban J connectivity index is 2.10. The molecule has 0 spiro atoms. The number of carbonyl (C=O) groups is 1. The maximum absolute atomic E-state index is 12.2. The molecule has 0 unspecified atom stereocenters. The summed E-state index contributed by atoms with van der Waals surface area (Å²) in [6.45, 7) is 0. The fraction of sp³-hybridized carbons (Fsp3) is 0.611. The van der Waals surface area contributed by atoms with Gasteiger partial charge in [-0.05, 0) is 44.2 Å². The lowest BCUT2D eigenvalue weighted by Gasteiger charge is -2.37. The van der Waals surface area contributed by atoms with Crippen molar-refractivity contribution in [1.29, 1.82) is 0 Å². The molecule has 0 aromatic heterocycles. The van der Waals surface area contributed by atoms with E-state index in [0.717, 1.165) is 42.1 Å². The summed E-state index contributed by atoms with van der Waals surface area (Å²) in [7, 11) is 1.60. The average molecular weight is 383 g/mol. The lowest BCUT2D eigenvalue weighted by Crippen LogP contribution is -2.39. The molecule has 0 aliphatic heterocycles. The number of aliphatic carboxylic acids is 1. The van der Waals surface area contributed by atoms with Gasteiger partial charge < -0.3 is 14.6 Å². The van der Waals surface area contributed by atoms with Crippen LogP contribution in [-0.4, -0.2) is 24.3 Å². The van der Waals surface area contributed by atoms with E-state index in [0.29, 0.717) is 24.3 Å². The highest BCUT2D eigenvalue weighted by molar-refractivity contribution is 9.10. The number of carboxylic acids is 1. The van der Waals surface area contributed by atoms with Gasteiger partial charge in [0.2, 0.25) is 0 Å². The number of rotatable bonds is 5. The Kier molecular flexibility index (Phi) is 4.85. The largest absolute Gasteiger partial charge is 0.493 e. The Morgan fingerprint density at radius 3 is 2.43 bits per heavy atom. The summed E-state index contributed by atoms with van der Waals surface area (Å²) in [5.41, 5.74) is -0.100. The van der Waals surface area contributed by atoms with E-state index in [-0.39, 0.29) is 6.10 Å². The fourth-order valence-corrected chi connectivity index (χ4v) is 4.04. The molecule has 126 valence electrons. The molecule has 23 heavy (non-hydrogen) atoms. The van der Waals surface area contributed by atoms with Crippen molar-refractivity contribution in [3.8, 4) is 11.5 Å². The van der Waals surface area contributed by atoms with Gasteiger partial charge in [0.15, 0.2) is 11.5 Å². The van der Waals surface area contributed by atoms with Gasteiger partial charge in [0.05, 0.1) is 18.6 Å². The highest BCUT2D eigenvalue weighted by Crippen LogP contribution is 2.49. The molecular weight excluding hydrogens is 360 g/mol. The lowest BCUT2D eigenvalue weighted by atomic mass is 9.69.